The zero-order chi connectivity index (χ0) is 18.6. The molecule has 3 heterocycles. The highest BCUT2D eigenvalue weighted by Crippen LogP contribution is 2.39. The number of rotatable bonds is 5. The molecular formula is C20H16ClN3O2S. The molecule has 1 aliphatic rings. The van der Waals surface area contributed by atoms with Crippen molar-refractivity contribution in [2.45, 2.75) is 12.5 Å². The molecule has 1 aromatic carbocycles. The summed E-state index contributed by atoms with van der Waals surface area (Å²) in [5.41, 5.74) is 2.87. The molecule has 0 aliphatic carbocycles. The molecule has 4 rings (SSSR count). The Bertz CT molecular complexity index is 974. The number of hydrogen-bond acceptors (Lipinski definition) is 5. The fourth-order valence-electron chi connectivity index (χ4n) is 2.93. The van der Waals surface area contributed by atoms with E-state index in [1.165, 1.54) is 12.4 Å². The Labute approximate surface area is 165 Å². The predicted molar refractivity (Wildman–Crippen MR) is 107 cm³/mol. The topological polar surface area (TPSA) is 64.1 Å². The first-order chi connectivity index (χ1) is 13.2. The lowest BCUT2D eigenvalue weighted by Gasteiger charge is -2.11. The van der Waals surface area contributed by atoms with E-state index in [2.05, 4.69) is 15.3 Å². The Morgan fingerprint density at radius 3 is 2.96 bits per heavy atom. The number of hydrogen-bond donors (Lipinski definition) is 1. The Balaban J connectivity index is 1.39. The molecule has 7 heteroatoms. The number of thiophene rings is 1. The SMILES string of the molecule is O=C(/C=C/c1cccs1)NCC1Cc2cc(-c3cncnc3)cc(Cl)c2O1. The molecule has 0 fully saturated rings. The summed E-state index contributed by atoms with van der Waals surface area (Å²) >= 11 is 7.98. The number of halogens is 1. The number of carbonyl (C=O) groups is 1. The van der Waals surface area contributed by atoms with E-state index in [1.807, 2.05) is 29.6 Å². The number of fused-ring (bicyclic) bond motifs is 1. The van der Waals surface area contributed by atoms with Crippen molar-refractivity contribution in [3.8, 4) is 16.9 Å². The van der Waals surface area contributed by atoms with Gasteiger partial charge in [0.25, 0.3) is 0 Å². The van der Waals surface area contributed by atoms with Crippen molar-refractivity contribution in [3.63, 3.8) is 0 Å². The van der Waals surface area contributed by atoms with E-state index >= 15 is 0 Å². The van der Waals surface area contributed by atoms with Gasteiger partial charge in [-0.2, -0.15) is 0 Å². The predicted octanol–water partition coefficient (Wildman–Crippen LogP) is 3.99. The van der Waals surface area contributed by atoms with Crippen molar-refractivity contribution in [1.29, 1.82) is 0 Å². The maximum Gasteiger partial charge on any atom is 0.244 e. The Morgan fingerprint density at radius 2 is 2.19 bits per heavy atom. The summed E-state index contributed by atoms with van der Waals surface area (Å²) in [7, 11) is 0. The molecule has 2 aromatic heterocycles. The van der Waals surface area contributed by atoms with Crippen molar-refractivity contribution in [2.75, 3.05) is 6.54 Å². The molecule has 0 saturated carbocycles. The number of nitrogens with zero attached hydrogens (tertiary/aromatic N) is 2. The fourth-order valence-corrected chi connectivity index (χ4v) is 3.84. The molecule has 0 radical (unpaired) electrons. The van der Waals surface area contributed by atoms with Crippen LogP contribution in [0.3, 0.4) is 0 Å². The van der Waals surface area contributed by atoms with Crippen LogP contribution in [-0.4, -0.2) is 28.5 Å². The summed E-state index contributed by atoms with van der Waals surface area (Å²) in [5, 5.41) is 5.40. The van der Waals surface area contributed by atoms with E-state index in [1.54, 1.807) is 29.8 Å². The van der Waals surface area contributed by atoms with Gasteiger partial charge < -0.3 is 10.1 Å². The van der Waals surface area contributed by atoms with Crippen LogP contribution in [0.1, 0.15) is 10.4 Å². The molecule has 1 N–H and O–H groups in total. The lowest BCUT2D eigenvalue weighted by molar-refractivity contribution is -0.116. The summed E-state index contributed by atoms with van der Waals surface area (Å²) in [6, 6.07) is 7.80. The van der Waals surface area contributed by atoms with Crippen molar-refractivity contribution in [1.82, 2.24) is 15.3 Å². The smallest absolute Gasteiger partial charge is 0.244 e. The highest BCUT2D eigenvalue weighted by molar-refractivity contribution is 7.10. The van der Waals surface area contributed by atoms with E-state index in [0.717, 1.165) is 21.6 Å². The van der Waals surface area contributed by atoms with Gasteiger partial charge >= 0.3 is 0 Å². The van der Waals surface area contributed by atoms with Crippen LogP contribution in [0, 0.1) is 0 Å². The Hall–Kier alpha value is -2.70. The maximum absolute atomic E-state index is 12.0. The number of benzene rings is 1. The lowest BCUT2D eigenvalue weighted by atomic mass is 10.0. The van der Waals surface area contributed by atoms with Gasteiger partial charge in [-0.05, 0) is 35.2 Å². The Morgan fingerprint density at radius 1 is 1.33 bits per heavy atom. The molecule has 0 bridgehead atoms. The van der Waals surface area contributed by atoms with E-state index < -0.39 is 0 Å². The number of nitrogens with one attached hydrogen (secondary N) is 1. The van der Waals surface area contributed by atoms with Crippen molar-refractivity contribution in [3.05, 3.63) is 69.9 Å². The molecule has 27 heavy (non-hydrogen) atoms. The van der Waals surface area contributed by atoms with Gasteiger partial charge in [0.05, 0.1) is 11.6 Å². The van der Waals surface area contributed by atoms with Gasteiger partial charge in [0.2, 0.25) is 5.91 Å². The minimum atomic E-state index is -0.142. The third-order valence-corrected chi connectivity index (χ3v) is 5.31. The fraction of sp³-hybridized carbons (Fsp3) is 0.150. The van der Waals surface area contributed by atoms with Crippen molar-refractivity contribution in [2.24, 2.45) is 0 Å². The van der Waals surface area contributed by atoms with Gasteiger partial charge in [-0.3, -0.25) is 4.79 Å². The molecule has 1 aliphatic heterocycles. The molecule has 1 amide bonds. The van der Waals surface area contributed by atoms with Crippen molar-refractivity contribution < 1.29 is 9.53 Å². The maximum atomic E-state index is 12.0. The van der Waals surface area contributed by atoms with Crippen molar-refractivity contribution >= 4 is 34.9 Å². The minimum Gasteiger partial charge on any atom is -0.486 e. The summed E-state index contributed by atoms with van der Waals surface area (Å²) in [6.07, 6.45) is 8.87. The van der Waals surface area contributed by atoms with Gasteiger partial charge in [-0.25, -0.2) is 9.97 Å². The van der Waals surface area contributed by atoms with Gasteiger partial charge in [0, 0.05) is 40.9 Å². The van der Waals surface area contributed by atoms with Crippen LogP contribution < -0.4 is 10.1 Å². The number of aromatic nitrogens is 2. The number of ether oxygens (including phenoxy) is 1. The van der Waals surface area contributed by atoms with Crippen LogP contribution in [0.2, 0.25) is 5.02 Å². The molecule has 1 atom stereocenters. The van der Waals surface area contributed by atoms with Crippen LogP contribution >= 0.6 is 22.9 Å². The van der Waals surface area contributed by atoms with Gasteiger partial charge in [-0.1, -0.05) is 17.7 Å². The van der Waals surface area contributed by atoms with Gasteiger partial charge in [0.15, 0.2) is 0 Å². The quantitative estimate of drug-likeness (QED) is 0.661. The summed E-state index contributed by atoms with van der Waals surface area (Å²) < 4.78 is 5.93. The van der Waals surface area contributed by atoms with Gasteiger partial charge in [-0.15, -0.1) is 11.3 Å². The first-order valence-corrected chi connectivity index (χ1v) is 9.68. The number of amides is 1. The molecular weight excluding hydrogens is 382 g/mol. The van der Waals surface area contributed by atoms with Crippen LogP contribution in [0.5, 0.6) is 5.75 Å². The zero-order valence-electron chi connectivity index (χ0n) is 14.3. The third kappa shape index (κ3) is 4.18. The standard InChI is InChI=1S/C20H16ClN3O2S/c21-18-8-13(15-9-22-12-23-10-15)6-14-7-16(26-20(14)18)11-24-19(25)4-3-17-2-1-5-27-17/h1-6,8-10,12,16H,7,11H2,(H,24,25)/b4-3+. The van der Waals surface area contributed by atoms with E-state index in [4.69, 9.17) is 16.3 Å². The second-order valence-electron chi connectivity index (χ2n) is 6.11. The molecule has 5 nitrogen and oxygen atoms in total. The monoisotopic (exact) mass is 397 g/mol. The zero-order valence-corrected chi connectivity index (χ0v) is 15.8. The molecule has 136 valence electrons. The summed E-state index contributed by atoms with van der Waals surface area (Å²) in [4.78, 5) is 21.1. The first kappa shape index (κ1) is 17.7. The number of carbonyl (C=O) groups excluding carboxylic acids is 1. The summed E-state index contributed by atoms with van der Waals surface area (Å²) in [6.45, 7) is 0.419. The Kier molecular flexibility index (Phi) is 5.18. The van der Waals surface area contributed by atoms with E-state index in [0.29, 0.717) is 23.7 Å². The third-order valence-electron chi connectivity index (χ3n) is 4.19. The average molecular weight is 398 g/mol. The highest BCUT2D eigenvalue weighted by Gasteiger charge is 2.26. The highest BCUT2D eigenvalue weighted by atomic mass is 35.5. The average Bonchev–Trinajstić information content (AvgIpc) is 3.35. The van der Waals surface area contributed by atoms with Crippen LogP contribution in [0.15, 0.2) is 54.4 Å². The minimum absolute atomic E-state index is 0.140. The molecule has 1 unspecified atom stereocenters. The molecule has 3 aromatic rings. The van der Waals surface area contributed by atoms with Crippen LogP contribution in [-0.2, 0) is 11.2 Å². The van der Waals surface area contributed by atoms with E-state index in [-0.39, 0.29) is 12.0 Å². The first-order valence-electron chi connectivity index (χ1n) is 8.43. The summed E-state index contributed by atoms with van der Waals surface area (Å²) in [5.74, 6) is 0.543. The molecule has 0 spiro atoms. The largest absolute Gasteiger partial charge is 0.486 e. The van der Waals surface area contributed by atoms with Gasteiger partial charge in [0.1, 0.15) is 18.2 Å². The lowest BCUT2D eigenvalue weighted by Crippen LogP contribution is -2.33. The normalized spacial score (nSPS) is 15.5. The van der Waals surface area contributed by atoms with Crippen LogP contribution in [0.4, 0.5) is 0 Å². The second-order valence-corrected chi connectivity index (χ2v) is 7.50. The van der Waals surface area contributed by atoms with Crippen LogP contribution in [0.25, 0.3) is 17.2 Å². The molecule has 0 saturated heterocycles. The van der Waals surface area contributed by atoms with E-state index in [9.17, 15) is 4.79 Å². The second kappa shape index (κ2) is 7.90.